The quantitative estimate of drug-likeness (QED) is 0.707. The van der Waals surface area contributed by atoms with E-state index in [2.05, 4.69) is 0 Å². The van der Waals surface area contributed by atoms with Crippen molar-refractivity contribution in [3.05, 3.63) is 24.3 Å². The highest BCUT2D eigenvalue weighted by molar-refractivity contribution is 5.67. The second kappa shape index (κ2) is 8.04. The lowest BCUT2D eigenvalue weighted by Gasteiger charge is -2.17. The van der Waals surface area contributed by atoms with E-state index in [0.717, 1.165) is 0 Å². The second-order valence-electron chi connectivity index (χ2n) is 4.02. The van der Waals surface area contributed by atoms with E-state index in [1.54, 1.807) is 31.4 Å². The molecule has 0 amide bonds. The minimum Gasteiger partial charge on any atom is -0.497 e. The molecule has 0 aliphatic heterocycles. The average molecular weight is 282 g/mol. The van der Waals surface area contributed by atoms with Gasteiger partial charge in [0, 0.05) is 13.8 Å². The molecule has 1 aromatic carbocycles. The molecule has 0 saturated carbocycles. The minimum atomic E-state index is -0.640. The topological polar surface area (TPSA) is 71.1 Å². The summed E-state index contributed by atoms with van der Waals surface area (Å²) in [6, 6.07) is 6.97. The number of carbonyl (C=O) groups excluding carboxylic acids is 2. The van der Waals surface area contributed by atoms with Gasteiger partial charge in [-0.05, 0) is 24.3 Å². The van der Waals surface area contributed by atoms with E-state index in [9.17, 15) is 9.59 Å². The van der Waals surface area contributed by atoms with Gasteiger partial charge in [0.05, 0.1) is 7.11 Å². The Morgan fingerprint density at radius 1 is 1.00 bits per heavy atom. The maximum Gasteiger partial charge on any atom is 0.303 e. The van der Waals surface area contributed by atoms with Crippen LogP contribution in [0.2, 0.25) is 0 Å². The standard InChI is InChI=1S/C14H18O6/c1-10(15)18-8-14(20-11(2)16)9-19-13-6-4-12(17-3)5-7-13/h4-7,14H,8-9H2,1-3H3. The molecule has 0 spiro atoms. The molecule has 0 heterocycles. The van der Waals surface area contributed by atoms with Crippen LogP contribution in [-0.4, -0.2) is 38.4 Å². The predicted molar refractivity (Wildman–Crippen MR) is 70.7 cm³/mol. The Morgan fingerprint density at radius 2 is 1.60 bits per heavy atom. The van der Waals surface area contributed by atoms with E-state index >= 15 is 0 Å². The molecule has 1 atom stereocenters. The molecule has 0 radical (unpaired) electrons. The van der Waals surface area contributed by atoms with Crippen LogP contribution in [0.3, 0.4) is 0 Å². The lowest BCUT2D eigenvalue weighted by molar-refractivity contribution is -0.158. The van der Waals surface area contributed by atoms with Crippen molar-refractivity contribution < 1.29 is 28.5 Å². The van der Waals surface area contributed by atoms with Gasteiger partial charge in [-0.2, -0.15) is 0 Å². The largest absolute Gasteiger partial charge is 0.497 e. The van der Waals surface area contributed by atoms with Gasteiger partial charge in [-0.3, -0.25) is 9.59 Å². The third kappa shape index (κ3) is 6.08. The fourth-order valence-corrected chi connectivity index (χ4v) is 1.42. The first kappa shape index (κ1) is 15.8. The number of carbonyl (C=O) groups is 2. The first-order valence-corrected chi connectivity index (χ1v) is 6.08. The van der Waals surface area contributed by atoms with Crippen molar-refractivity contribution >= 4 is 11.9 Å². The van der Waals surface area contributed by atoms with Gasteiger partial charge in [0.25, 0.3) is 0 Å². The molecule has 6 nitrogen and oxygen atoms in total. The van der Waals surface area contributed by atoms with E-state index in [1.807, 2.05) is 0 Å². The molecule has 6 heteroatoms. The average Bonchev–Trinajstić information content (AvgIpc) is 2.42. The highest BCUT2D eigenvalue weighted by atomic mass is 16.6. The summed E-state index contributed by atoms with van der Waals surface area (Å²) in [5, 5.41) is 0. The van der Waals surface area contributed by atoms with Gasteiger partial charge < -0.3 is 18.9 Å². The maximum atomic E-state index is 11.0. The van der Waals surface area contributed by atoms with Crippen molar-refractivity contribution in [2.24, 2.45) is 0 Å². The number of ether oxygens (including phenoxy) is 4. The van der Waals surface area contributed by atoms with Crippen LogP contribution in [0.4, 0.5) is 0 Å². The SMILES string of the molecule is COc1ccc(OCC(COC(C)=O)OC(C)=O)cc1. The summed E-state index contributed by atoms with van der Waals surface area (Å²) < 4.78 is 20.3. The fraction of sp³-hybridized carbons (Fsp3) is 0.429. The van der Waals surface area contributed by atoms with Crippen molar-refractivity contribution in [3.8, 4) is 11.5 Å². The number of esters is 2. The van der Waals surface area contributed by atoms with Crippen molar-refractivity contribution in [2.45, 2.75) is 20.0 Å². The van der Waals surface area contributed by atoms with Crippen molar-refractivity contribution in [3.63, 3.8) is 0 Å². The molecule has 110 valence electrons. The first-order chi connectivity index (χ1) is 9.51. The van der Waals surface area contributed by atoms with Crippen LogP contribution in [0.25, 0.3) is 0 Å². The summed E-state index contributed by atoms with van der Waals surface area (Å²) in [5.74, 6) is 0.423. The number of rotatable bonds is 7. The Morgan fingerprint density at radius 3 is 2.10 bits per heavy atom. The van der Waals surface area contributed by atoms with Gasteiger partial charge >= 0.3 is 11.9 Å². The molecule has 0 fully saturated rings. The van der Waals surface area contributed by atoms with Crippen LogP contribution < -0.4 is 9.47 Å². The zero-order chi connectivity index (χ0) is 15.0. The molecular weight excluding hydrogens is 264 g/mol. The summed E-state index contributed by atoms with van der Waals surface area (Å²) in [6.45, 7) is 2.63. The molecule has 0 aliphatic rings. The van der Waals surface area contributed by atoms with Gasteiger partial charge in [-0.15, -0.1) is 0 Å². The predicted octanol–water partition coefficient (Wildman–Crippen LogP) is 1.57. The Hall–Kier alpha value is -2.24. The highest BCUT2D eigenvalue weighted by Crippen LogP contribution is 2.17. The molecule has 0 aliphatic carbocycles. The Kier molecular flexibility index (Phi) is 6.36. The number of methoxy groups -OCH3 is 1. The number of hydrogen-bond donors (Lipinski definition) is 0. The van der Waals surface area contributed by atoms with Gasteiger partial charge in [-0.1, -0.05) is 0 Å². The molecule has 1 unspecified atom stereocenters. The fourth-order valence-electron chi connectivity index (χ4n) is 1.42. The number of hydrogen-bond acceptors (Lipinski definition) is 6. The highest BCUT2D eigenvalue weighted by Gasteiger charge is 2.15. The van der Waals surface area contributed by atoms with Crippen molar-refractivity contribution in [1.29, 1.82) is 0 Å². The molecule has 1 aromatic rings. The van der Waals surface area contributed by atoms with Crippen molar-refractivity contribution in [1.82, 2.24) is 0 Å². The lowest BCUT2D eigenvalue weighted by atomic mass is 10.3. The molecule has 20 heavy (non-hydrogen) atoms. The summed E-state index contributed by atoms with van der Waals surface area (Å²) in [4.78, 5) is 21.7. The van der Waals surface area contributed by atoms with Crippen molar-refractivity contribution in [2.75, 3.05) is 20.3 Å². The normalized spacial score (nSPS) is 11.3. The van der Waals surface area contributed by atoms with E-state index in [-0.39, 0.29) is 13.2 Å². The smallest absolute Gasteiger partial charge is 0.303 e. The zero-order valence-electron chi connectivity index (χ0n) is 11.8. The lowest BCUT2D eigenvalue weighted by Crippen LogP contribution is -2.29. The molecule has 1 rings (SSSR count). The minimum absolute atomic E-state index is 0.0366. The van der Waals surface area contributed by atoms with Gasteiger partial charge in [-0.25, -0.2) is 0 Å². The monoisotopic (exact) mass is 282 g/mol. The summed E-state index contributed by atoms with van der Waals surface area (Å²) in [7, 11) is 1.58. The van der Waals surface area contributed by atoms with Crippen LogP contribution in [-0.2, 0) is 19.1 Å². The van der Waals surface area contributed by atoms with E-state index in [1.165, 1.54) is 13.8 Å². The first-order valence-electron chi connectivity index (χ1n) is 6.08. The second-order valence-corrected chi connectivity index (χ2v) is 4.02. The third-order valence-electron chi connectivity index (χ3n) is 2.30. The zero-order valence-corrected chi connectivity index (χ0v) is 11.8. The molecule has 0 N–H and O–H groups in total. The van der Waals surface area contributed by atoms with Crippen LogP contribution in [0.1, 0.15) is 13.8 Å². The van der Waals surface area contributed by atoms with Crippen LogP contribution >= 0.6 is 0 Å². The Labute approximate surface area is 117 Å². The van der Waals surface area contributed by atoms with Gasteiger partial charge in [0.2, 0.25) is 0 Å². The van der Waals surface area contributed by atoms with Gasteiger partial charge in [0.1, 0.15) is 24.7 Å². The molecule has 0 saturated heterocycles. The maximum absolute atomic E-state index is 11.0. The summed E-state index contributed by atoms with van der Waals surface area (Å²) >= 11 is 0. The van der Waals surface area contributed by atoms with Crippen LogP contribution in [0, 0.1) is 0 Å². The van der Waals surface area contributed by atoms with Crippen LogP contribution in [0.15, 0.2) is 24.3 Å². The summed E-state index contributed by atoms with van der Waals surface area (Å²) in [6.07, 6.45) is -0.640. The molecule has 0 aromatic heterocycles. The summed E-state index contributed by atoms with van der Waals surface area (Å²) in [5.41, 5.74) is 0. The van der Waals surface area contributed by atoms with E-state index in [0.29, 0.717) is 11.5 Å². The van der Waals surface area contributed by atoms with E-state index in [4.69, 9.17) is 18.9 Å². The Bertz CT molecular complexity index is 439. The van der Waals surface area contributed by atoms with Gasteiger partial charge in [0.15, 0.2) is 6.10 Å². The Balaban J connectivity index is 2.50. The molecular formula is C14H18O6. The van der Waals surface area contributed by atoms with E-state index < -0.39 is 18.0 Å². The molecule has 0 bridgehead atoms. The van der Waals surface area contributed by atoms with Crippen LogP contribution in [0.5, 0.6) is 11.5 Å². The number of benzene rings is 1. The third-order valence-corrected chi connectivity index (χ3v) is 2.30.